The topological polar surface area (TPSA) is 71.1 Å². The van der Waals surface area contributed by atoms with Gasteiger partial charge >= 0.3 is 6.03 Å². The molecule has 1 saturated carbocycles. The van der Waals surface area contributed by atoms with Crippen LogP contribution in [0.2, 0.25) is 0 Å². The van der Waals surface area contributed by atoms with Gasteiger partial charge in [0, 0.05) is 17.1 Å². The summed E-state index contributed by atoms with van der Waals surface area (Å²) in [4.78, 5) is 27.8. The summed E-state index contributed by atoms with van der Waals surface area (Å²) in [6.45, 7) is 4.06. The van der Waals surface area contributed by atoms with Gasteiger partial charge in [0.15, 0.2) is 4.34 Å². The van der Waals surface area contributed by atoms with Crippen molar-refractivity contribution in [2.24, 2.45) is 5.92 Å². The van der Waals surface area contributed by atoms with E-state index in [-0.39, 0.29) is 23.7 Å². The molecule has 2 N–H and O–H groups in total. The van der Waals surface area contributed by atoms with Gasteiger partial charge in [-0.1, -0.05) is 31.5 Å². The van der Waals surface area contributed by atoms with Crippen molar-refractivity contribution >= 4 is 35.0 Å². The van der Waals surface area contributed by atoms with Gasteiger partial charge in [0.2, 0.25) is 5.91 Å². The highest BCUT2D eigenvalue weighted by atomic mass is 32.2. The van der Waals surface area contributed by atoms with Crippen LogP contribution in [0, 0.1) is 12.8 Å². The van der Waals surface area contributed by atoms with E-state index in [0.29, 0.717) is 5.92 Å². The summed E-state index contributed by atoms with van der Waals surface area (Å²) in [6, 6.07) is -0.199. The second-order valence-corrected chi connectivity index (χ2v) is 7.51. The monoisotopic (exact) mass is 327 g/mol. The Labute approximate surface area is 133 Å². The molecule has 1 fully saturated rings. The molecule has 7 heteroatoms. The molecule has 3 amide bonds. The van der Waals surface area contributed by atoms with Gasteiger partial charge in [0.05, 0.1) is 5.75 Å². The minimum atomic E-state index is -0.380. The minimum Gasteiger partial charge on any atom is -0.335 e. The average Bonchev–Trinajstić information content (AvgIpc) is 2.85. The van der Waals surface area contributed by atoms with Crippen molar-refractivity contribution in [3.63, 3.8) is 0 Å². The molecule has 2 rings (SSSR count). The molecule has 0 aliphatic heterocycles. The summed E-state index contributed by atoms with van der Waals surface area (Å²) in [6.07, 6.45) is 4.50. The summed E-state index contributed by atoms with van der Waals surface area (Å²) in [5.74, 6) is 0.404. The summed E-state index contributed by atoms with van der Waals surface area (Å²) in [5.41, 5.74) is 0.951. The number of carbonyl (C=O) groups excluding carboxylic acids is 2. The van der Waals surface area contributed by atoms with Gasteiger partial charge in [0.25, 0.3) is 0 Å². The van der Waals surface area contributed by atoms with Gasteiger partial charge < -0.3 is 5.32 Å². The average molecular weight is 327 g/mol. The van der Waals surface area contributed by atoms with Crippen molar-refractivity contribution in [2.45, 2.75) is 49.9 Å². The van der Waals surface area contributed by atoms with Gasteiger partial charge in [-0.15, -0.1) is 11.3 Å². The lowest BCUT2D eigenvalue weighted by Gasteiger charge is -2.29. The number of aromatic nitrogens is 1. The number of nitrogens with one attached hydrogen (secondary N) is 2. The smallest absolute Gasteiger partial charge is 0.321 e. The van der Waals surface area contributed by atoms with Crippen LogP contribution < -0.4 is 10.6 Å². The van der Waals surface area contributed by atoms with Crippen LogP contribution in [0.5, 0.6) is 0 Å². The molecule has 2 unspecified atom stereocenters. The van der Waals surface area contributed by atoms with Crippen LogP contribution in [0.4, 0.5) is 4.79 Å². The van der Waals surface area contributed by atoms with Crippen LogP contribution in [0.1, 0.15) is 38.3 Å². The lowest BCUT2D eigenvalue weighted by Crippen LogP contribution is -2.48. The molecule has 0 radical (unpaired) electrons. The highest BCUT2D eigenvalue weighted by Gasteiger charge is 2.23. The fourth-order valence-electron chi connectivity index (χ4n) is 2.42. The van der Waals surface area contributed by atoms with Gasteiger partial charge in [-0.25, -0.2) is 9.78 Å². The third-order valence-electron chi connectivity index (χ3n) is 3.61. The Balaban J connectivity index is 1.70. The number of aryl methyl sites for hydroxylation is 1. The van der Waals surface area contributed by atoms with Crippen molar-refractivity contribution in [2.75, 3.05) is 5.75 Å². The second kappa shape index (κ2) is 7.79. The number of urea groups is 1. The zero-order chi connectivity index (χ0) is 15.2. The molecule has 0 bridgehead atoms. The first-order valence-electron chi connectivity index (χ1n) is 7.20. The minimum absolute atomic E-state index is 0.181. The van der Waals surface area contributed by atoms with E-state index in [1.807, 2.05) is 12.3 Å². The van der Waals surface area contributed by atoms with Crippen LogP contribution in [0.3, 0.4) is 0 Å². The molecule has 1 aliphatic carbocycles. The lowest BCUT2D eigenvalue weighted by molar-refractivity contribution is -0.117. The van der Waals surface area contributed by atoms with Gasteiger partial charge in [-0.05, 0) is 25.7 Å². The molecule has 1 aliphatic rings. The maximum absolute atomic E-state index is 11.8. The normalized spacial score (nSPS) is 21.8. The van der Waals surface area contributed by atoms with Crippen molar-refractivity contribution < 1.29 is 9.59 Å². The third kappa shape index (κ3) is 5.32. The molecule has 1 heterocycles. The SMILES string of the molecule is Cc1csc(SCC(=O)NC(=O)NC2CCCCC2C)n1. The zero-order valence-corrected chi connectivity index (χ0v) is 14.0. The standard InChI is InChI=1S/C14H21N3O2S2/c1-9-5-3-4-6-11(9)16-13(19)17-12(18)8-21-14-15-10(2)7-20-14/h7,9,11H,3-6,8H2,1-2H3,(H2,16,17,18,19). The molecule has 0 spiro atoms. The summed E-state index contributed by atoms with van der Waals surface area (Å²) >= 11 is 2.86. The Morgan fingerprint density at radius 3 is 2.86 bits per heavy atom. The van der Waals surface area contributed by atoms with Crippen LogP contribution in [-0.4, -0.2) is 28.7 Å². The molecule has 0 aromatic carbocycles. The number of thioether (sulfide) groups is 1. The summed E-state index contributed by atoms with van der Waals surface area (Å²) in [7, 11) is 0. The molecule has 1 aromatic rings. The van der Waals surface area contributed by atoms with E-state index in [2.05, 4.69) is 22.5 Å². The Morgan fingerprint density at radius 1 is 1.43 bits per heavy atom. The zero-order valence-electron chi connectivity index (χ0n) is 12.3. The molecule has 0 saturated heterocycles. The number of amides is 3. The molecular weight excluding hydrogens is 306 g/mol. The number of thiazole rings is 1. The highest BCUT2D eigenvalue weighted by Crippen LogP contribution is 2.24. The van der Waals surface area contributed by atoms with E-state index in [1.165, 1.54) is 29.5 Å². The van der Waals surface area contributed by atoms with Crippen molar-refractivity contribution in [1.29, 1.82) is 0 Å². The number of nitrogens with zero attached hydrogens (tertiary/aromatic N) is 1. The number of carbonyl (C=O) groups is 2. The predicted octanol–water partition coefficient (Wildman–Crippen LogP) is 2.95. The first-order chi connectivity index (χ1) is 10.0. The fraction of sp³-hybridized carbons (Fsp3) is 0.643. The third-order valence-corrected chi connectivity index (χ3v) is 5.74. The van der Waals surface area contributed by atoms with E-state index in [4.69, 9.17) is 0 Å². The highest BCUT2D eigenvalue weighted by molar-refractivity contribution is 8.01. The van der Waals surface area contributed by atoms with E-state index in [0.717, 1.165) is 29.3 Å². The first-order valence-corrected chi connectivity index (χ1v) is 9.06. The molecule has 116 valence electrons. The second-order valence-electron chi connectivity index (χ2n) is 5.43. The van der Waals surface area contributed by atoms with Crippen LogP contribution in [0.25, 0.3) is 0 Å². The van der Waals surface area contributed by atoms with Crippen LogP contribution in [-0.2, 0) is 4.79 Å². The van der Waals surface area contributed by atoms with Gasteiger partial charge in [-0.2, -0.15) is 0 Å². The largest absolute Gasteiger partial charge is 0.335 e. The van der Waals surface area contributed by atoms with Gasteiger partial charge in [0.1, 0.15) is 0 Å². The van der Waals surface area contributed by atoms with E-state index in [1.54, 1.807) is 0 Å². The Kier molecular flexibility index (Phi) is 6.05. The molecular formula is C14H21N3O2S2. The van der Waals surface area contributed by atoms with Crippen molar-refractivity contribution in [3.8, 4) is 0 Å². The molecule has 21 heavy (non-hydrogen) atoms. The van der Waals surface area contributed by atoms with Crippen molar-refractivity contribution in [3.05, 3.63) is 11.1 Å². The number of imide groups is 1. The van der Waals surface area contributed by atoms with Gasteiger partial charge in [-0.3, -0.25) is 10.1 Å². The van der Waals surface area contributed by atoms with E-state index >= 15 is 0 Å². The number of rotatable bonds is 4. The Morgan fingerprint density at radius 2 is 2.19 bits per heavy atom. The summed E-state index contributed by atoms with van der Waals surface area (Å²) < 4.78 is 0.851. The quantitative estimate of drug-likeness (QED) is 0.834. The van der Waals surface area contributed by atoms with Crippen LogP contribution in [0.15, 0.2) is 9.72 Å². The fourth-order valence-corrected chi connectivity index (χ4v) is 4.07. The lowest BCUT2D eigenvalue weighted by atomic mass is 9.86. The first kappa shape index (κ1) is 16.3. The van der Waals surface area contributed by atoms with Crippen molar-refractivity contribution in [1.82, 2.24) is 15.6 Å². The Bertz CT molecular complexity index is 504. The molecule has 2 atom stereocenters. The summed E-state index contributed by atoms with van der Waals surface area (Å²) in [5, 5.41) is 7.24. The maximum atomic E-state index is 11.8. The van der Waals surface area contributed by atoms with E-state index < -0.39 is 0 Å². The molecule has 1 aromatic heterocycles. The van der Waals surface area contributed by atoms with E-state index in [9.17, 15) is 9.59 Å². The predicted molar refractivity (Wildman–Crippen MR) is 85.7 cm³/mol. The Hall–Kier alpha value is -1.08. The van der Waals surface area contributed by atoms with Crippen LogP contribution >= 0.6 is 23.1 Å². The molecule has 5 nitrogen and oxygen atoms in total. The number of hydrogen-bond donors (Lipinski definition) is 2. The maximum Gasteiger partial charge on any atom is 0.321 e. The number of hydrogen-bond acceptors (Lipinski definition) is 5.